The summed E-state index contributed by atoms with van der Waals surface area (Å²) in [4.78, 5) is 0. The van der Waals surface area contributed by atoms with Crippen LogP contribution in [0.3, 0.4) is 0 Å². The highest BCUT2D eigenvalue weighted by molar-refractivity contribution is 6.20. The van der Waals surface area contributed by atoms with Gasteiger partial charge in [0.25, 0.3) is 0 Å². The molecule has 0 N–H and O–H groups in total. The van der Waals surface area contributed by atoms with Gasteiger partial charge in [-0.3, -0.25) is 4.68 Å². The second-order valence-corrected chi connectivity index (χ2v) is 6.49. The minimum absolute atomic E-state index is 0.362. The van der Waals surface area contributed by atoms with E-state index < -0.39 is 0 Å². The predicted octanol–water partition coefficient (Wildman–Crippen LogP) is 4.19. The third-order valence-corrected chi connectivity index (χ3v) is 4.46. The zero-order valence-corrected chi connectivity index (χ0v) is 11.9. The molecule has 0 aromatic carbocycles. The second kappa shape index (κ2) is 5.01. The van der Waals surface area contributed by atoms with Gasteiger partial charge in [0.1, 0.15) is 0 Å². The molecule has 2 nitrogen and oxygen atoms in total. The molecule has 0 radical (unpaired) electrons. The molecule has 1 heterocycles. The Morgan fingerprint density at radius 2 is 2.41 bits per heavy atom. The Labute approximate surface area is 109 Å². The van der Waals surface area contributed by atoms with Gasteiger partial charge in [-0.05, 0) is 50.5 Å². The van der Waals surface area contributed by atoms with Crippen molar-refractivity contribution >= 4 is 11.6 Å². The summed E-state index contributed by atoms with van der Waals surface area (Å²) in [5, 5.41) is 5.06. The van der Waals surface area contributed by atoms with Crippen molar-refractivity contribution in [3.8, 4) is 0 Å². The summed E-state index contributed by atoms with van der Waals surface area (Å²) in [6.45, 7) is 6.75. The van der Waals surface area contributed by atoms with Crippen molar-refractivity contribution in [3.63, 3.8) is 0 Å². The summed E-state index contributed by atoms with van der Waals surface area (Å²) in [5.74, 6) is 0. The topological polar surface area (TPSA) is 17.8 Å². The molecule has 1 saturated carbocycles. The Morgan fingerprint density at radius 1 is 1.65 bits per heavy atom. The fraction of sp³-hybridized carbons (Fsp3) is 0.786. The molecule has 1 aromatic heterocycles. The number of hydrogen-bond donors (Lipinski definition) is 0. The van der Waals surface area contributed by atoms with Crippen molar-refractivity contribution in [2.75, 3.05) is 0 Å². The number of nitrogens with zero attached hydrogens (tertiary/aromatic N) is 2. The van der Waals surface area contributed by atoms with Gasteiger partial charge < -0.3 is 0 Å². The molecule has 0 aliphatic heterocycles. The van der Waals surface area contributed by atoms with Crippen LogP contribution in [0.15, 0.2) is 12.3 Å². The molecular weight excluding hydrogens is 232 g/mol. The van der Waals surface area contributed by atoms with Crippen molar-refractivity contribution in [3.05, 3.63) is 18.0 Å². The van der Waals surface area contributed by atoms with Crippen LogP contribution in [0.4, 0.5) is 0 Å². The first kappa shape index (κ1) is 12.9. The minimum Gasteiger partial charge on any atom is -0.270 e. The summed E-state index contributed by atoms with van der Waals surface area (Å²) in [5.41, 5.74) is 1.58. The lowest BCUT2D eigenvalue weighted by atomic mass is 9.84. The molecule has 96 valence electrons. The number of alkyl halides is 1. The number of hydrogen-bond acceptors (Lipinski definition) is 1. The molecule has 0 bridgehead atoms. The summed E-state index contributed by atoms with van der Waals surface area (Å²) in [6, 6.07) is 2.67. The molecule has 2 rings (SSSR count). The average Bonchev–Trinajstić information content (AvgIpc) is 2.85. The molecule has 1 aliphatic rings. The molecule has 17 heavy (non-hydrogen) atoms. The van der Waals surface area contributed by atoms with Gasteiger partial charge in [0.15, 0.2) is 0 Å². The average molecular weight is 255 g/mol. The van der Waals surface area contributed by atoms with Crippen molar-refractivity contribution in [1.29, 1.82) is 0 Å². The van der Waals surface area contributed by atoms with E-state index in [0.29, 0.717) is 16.8 Å². The highest BCUT2D eigenvalue weighted by atomic mass is 35.5. The lowest BCUT2D eigenvalue weighted by molar-refractivity contribution is 0.328. The Kier molecular flexibility index (Phi) is 3.82. The summed E-state index contributed by atoms with van der Waals surface area (Å²) in [7, 11) is 0. The lowest BCUT2D eigenvalue weighted by Crippen LogP contribution is -2.16. The maximum absolute atomic E-state index is 6.22. The van der Waals surface area contributed by atoms with E-state index in [1.54, 1.807) is 0 Å². The summed E-state index contributed by atoms with van der Waals surface area (Å²) >= 11 is 6.22. The fourth-order valence-electron chi connectivity index (χ4n) is 2.75. The van der Waals surface area contributed by atoms with Gasteiger partial charge in [-0.25, -0.2) is 0 Å². The van der Waals surface area contributed by atoms with Gasteiger partial charge in [-0.2, -0.15) is 5.10 Å². The van der Waals surface area contributed by atoms with Crippen molar-refractivity contribution in [1.82, 2.24) is 9.78 Å². The lowest BCUT2D eigenvalue weighted by Gasteiger charge is -2.22. The van der Waals surface area contributed by atoms with Crippen LogP contribution in [-0.4, -0.2) is 15.2 Å². The minimum atomic E-state index is 0.362. The largest absolute Gasteiger partial charge is 0.270 e. The number of aromatic nitrogens is 2. The van der Waals surface area contributed by atoms with E-state index in [1.165, 1.54) is 12.1 Å². The van der Waals surface area contributed by atoms with Crippen LogP contribution in [0.25, 0.3) is 0 Å². The smallest absolute Gasteiger partial charge is 0.0630 e. The van der Waals surface area contributed by atoms with Gasteiger partial charge in [0, 0.05) is 17.6 Å². The molecule has 3 heteroatoms. The number of halogens is 1. The first-order chi connectivity index (χ1) is 8.02. The highest BCUT2D eigenvalue weighted by Crippen LogP contribution is 2.42. The Bertz CT molecular complexity index is 374. The number of rotatable bonds is 4. The van der Waals surface area contributed by atoms with Gasteiger partial charge in [-0.1, -0.05) is 13.8 Å². The maximum Gasteiger partial charge on any atom is 0.0630 e. The molecule has 1 aromatic rings. The van der Waals surface area contributed by atoms with Crippen LogP contribution in [0, 0.1) is 5.41 Å². The van der Waals surface area contributed by atoms with E-state index in [4.69, 9.17) is 11.6 Å². The zero-order valence-electron chi connectivity index (χ0n) is 11.1. The third kappa shape index (κ3) is 3.04. The van der Waals surface area contributed by atoms with Gasteiger partial charge in [0.05, 0.1) is 5.69 Å². The van der Waals surface area contributed by atoms with Crippen LogP contribution in [0.2, 0.25) is 0 Å². The van der Waals surface area contributed by atoms with Crippen LogP contribution in [0.5, 0.6) is 0 Å². The van der Waals surface area contributed by atoms with Crippen molar-refractivity contribution in [2.45, 2.75) is 64.3 Å². The summed E-state index contributed by atoms with van der Waals surface area (Å²) in [6.07, 6.45) is 7.83. The van der Waals surface area contributed by atoms with E-state index in [-0.39, 0.29) is 0 Å². The second-order valence-electron chi connectivity index (χ2n) is 5.87. The molecule has 1 aliphatic carbocycles. The first-order valence-corrected chi connectivity index (χ1v) is 7.14. The van der Waals surface area contributed by atoms with E-state index in [9.17, 15) is 0 Å². The maximum atomic E-state index is 6.22. The Balaban J connectivity index is 2.02. The van der Waals surface area contributed by atoms with E-state index in [0.717, 1.165) is 25.7 Å². The molecule has 0 amide bonds. The highest BCUT2D eigenvalue weighted by Gasteiger charge is 2.34. The molecule has 3 unspecified atom stereocenters. The SMILES string of the molecule is CCC(C)n1ccc(CC2(C)CCC(Cl)C2)n1. The van der Waals surface area contributed by atoms with Gasteiger partial charge in [-0.15, -0.1) is 11.6 Å². The Hall–Kier alpha value is -0.500. The molecule has 0 saturated heterocycles. The first-order valence-electron chi connectivity index (χ1n) is 6.70. The Morgan fingerprint density at radius 3 is 3.00 bits per heavy atom. The third-order valence-electron chi connectivity index (χ3n) is 4.09. The van der Waals surface area contributed by atoms with Crippen molar-refractivity contribution in [2.24, 2.45) is 5.41 Å². The van der Waals surface area contributed by atoms with Crippen LogP contribution < -0.4 is 0 Å². The monoisotopic (exact) mass is 254 g/mol. The van der Waals surface area contributed by atoms with Crippen LogP contribution in [-0.2, 0) is 6.42 Å². The van der Waals surface area contributed by atoms with Crippen LogP contribution in [0.1, 0.15) is 58.2 Å². The zero-order chi connectivity index (χ0) is 12.5. The van der Waals surface area contributed by atoms with Crippen LogP contribution >= 0.6 is 11.6 Å². The predicted molar refractivity (Wildman–Crippen MR) is 72.5 cm³/mol. The van der Waals surface area contributed by atoms with Gasteiger partial charge >= 0.3 is 0 Å². The molecule has 0 spiro atoms. The van der Waals surface area contributed by atoms with Crippen molar-refractivity contribution < 1.29 is 0 Å². The fourth-order valence-corrected chi connectivity index (χ4v) is 3.23. The molecule has 1 fully saturated rings. The normalized spacial score (nSPS) is 30.7. The van der Waals surface area contributed by atoms with E-state index >= 15 is 0 Å². The molecular formula is C14H23ClN2. The molecule has 3 atom stereocenters. The summed E-state index contributed by atoms with van der Waals surface area (Å²) < 4.78 is 2.09. The quantitative estimate of drug-likeness (QED) is 0.737. The van der Waals surface area contributed by atoms with Gasteiger partial charge in [0.2, 0.25) is 0 Å². The van der Waals surface area contributed by atoms with E-state index in [2.05, 4.69) is 42.8 Å². The standard InChI is InChI=1S/C14H23ClN2/c1-4-11(2)17-8-6-13(16-17)10-14(3)7-5-12(15)9-14/h6,8,11-12H,4-5,7,9-10H2,1-3H3. The van der Waals surface area contributed by atoms with E-state index in [1.807, 2.05) is 0 Å².